The van der Waals surface area contributed by atoms with Crippen LogP contribution in [0.25, 0.3) is 0 Å². The van der Waals surface area contributed by atoms with Crippen LogP contribution in [-0.4, -0.2) is 41.9 Å². The summed E-state index contributed by atoms with van der Waals surface area (Å²) in [6.07, 6.45) is 0. The van der Waals surface area contributed by atoms with Gasteiger partial charge in [0.2, 0.25) is 11.8 Å². The first-order chi connectivity index (χ1) is 51.6. The van der Waals surface area contributed by atoms with Crippen LogP contribution in [0, 0.1) is 17.9 Å². The summed E-state index contributed by atoms with van der Waals surface area (Å²) in [6, 6.07) is 100. The summed E-state index contributed by atoms with van der Waals surface area (Å²) >= 11 is 10.5. The Balaban J connectivity index is 0.000000175. The zero-order valence-electron chi connectivity index (χ0n) is 60.6. The SMILES string of the molecule is CC(=O)Nc1c(I)c(C(=O)OC(C)(C)c2ccc([S+](c3ccccc3)c3ccccc3)cc2)c(I)c(N(C)C(C)=O)c1I.CC(C)(OC(=O)c1cc(I)ccc1O)c1ccc([S+](c2ccccc2)c2ccccc2)cc1.CC(C)(OC(=O)c1ccccc1I)c1ccc([S+](c2ccccc2)c2ccccc2)cc1. The molecule has 0 heterocycles. The van der Waals surface area contributed by atoms with Gasteiger partial charge in [0.15, 0.2) is 44.1 Å². The van der Waals surface area contributed by atoms with E-state index in [1.165, 1.54) is 64.0 Å². The molecule has 0 bridgehead atoms. The number of aromatic hydroxyl groups is 1. The second-order valence-electron chi connectivity index (χ2n) is 26.0. The average Bonchev–Trinajstić information content (AvgIpc) is 0.754. The number of rotatable bonds is 20. The van der Waals surface area contributed by atoms with Crippen molar-refractivity contribution >= 4 is 187 Å². The Labute approximate surface area is 709 Å². The molecule has 0 saturated heterocycles. The van der Waals surface area contributed by atoms with Crippen LogP contribution in [0.2, 0.25) is 0 Å². The summed E-state index contributed by atoms with van der Waals surface area (Å²) in [5.41, 5.74) is 2.19. The second kappa shape index (κ2) is 37.9. The van der Waals surface area contributed by atoms with E-state index in [0.29, 0.717) is 33.2 Å². The molecule has 0 spiro atoms. The van der Waals surface area contributed by atoms with Gasteiger partial charge in [0.25, 0.3) is 0 Å². The van der Waals surface area contributed by atoms with E-state index in [1.54, 1.807) is 25.2 Å². The predicted octanol–water partition coefficient (Wildman–Crippen LogP) is 23.3. The number of ether oxygens (including phenoxy) is 3. The maximum Gasteiger partial charge on any atom is 0.342 e. The minimum absolute atomic E-state index is 0.0821. The molecular formula is C89H78I5N2O9S3+3. The van der Waals surface area contributed by atoms with Crippen molar-refractivity contribution in [1.29, 1.82) is 0 Å². The molecule has 0 aromatic heterocycles. The molecule has 0 fully saturated rings. The number of carbonyl (C=O) groups is 5. The number of phenols is 1. The number of benzene rings is 12. The molecule has 19 heteroatoms. The molecule has 2 N–H and O–H groups in total. The van der Waals surface area contributed by atoms with Gasteiger partial charge in [-0.1, -0.05) is 158 Å². The normalized spacial score (nSPS) is 11.3. The molecule has 548 valence electrons. The molecule has 12 aromatic carbocycles. The quantitative estimate of drug-likeness (QED) is 0.0329. The second-order valence-corrected chi connectivity index (χ2v) is 37.7. The van der Waals surface area contributed by atoms with Crippen LogP contribution in [0.15, 0.2) is 341 Å². The van der Waals surface area contributed by atoms with Gasteiger partial charge < -0.3 is 29.5 Å². The fourth-order valence-electron chi connectivity index (χ4n) is 11.4. The molecule has 12 rings (SSSR count). The standard InChI is InChI=1S/C33H29I3N2O4S.C28H23IO3S.C28H24IO2S/c1-20(39)37-30-27(34)26(28(35)31(29(30)36)38(5)21(2)40)32(41)42-33(3,4)22-16-18-25(19-17-22)43(23-12-8-6-9-13-23)24-14-10-7-11-15-24;1-28(2,32-27(31)25-19-21(29)15-18-26(25)30)20-13-16-24(17-14-20)33(22-9-5-3-6-10-22)23-11-7-4-8-12-23;1-28(2,31-27(30)25-15-9-10-16-26(25)29)21-17-19-24(20-18-21)32(22-11-5-3-6-12-22)23-13-7-4-8-14-23/h6-19H,1-5H3;3-19H,1-2H3;3-20H,1-2H3/q;;+1/p+2. The zero-order chi connectivity index (χ0) is 77.5. The highest BCUT2D eigenvalue weighted by Crippen LogP contribution is 2.43. The zero-order valence-corrected chi connectivity index (χ0v) is 73.8. The van der Waals surface area contributed by atoms with Crippen LogP contribution in [0.4, 0.5) is 11.4 Å². The van der Waals surface area contributed by atoms with Gasteiger partial charge in [0.05, 0.1) is 65.9 Å². The molecule has 0 aliphatic rings. The lowest BCUT2D eigenvalue weighted by molar-refractivity contribution is -0.116. The lowest BCUT2D eigenvalue weighted by Gasteiger charge is -2.28. The minimum Gasteiger partial charge on any atom is -0.507 e. The van der Waals surface area contributed by atoms with Crippen LogP contribution < -0.4 is 10.2 Å². The molecule has 0 unspecified atom stereocenters. The van der Waals surface area contributed by atoms with Crippen molar-refractivity contribution in [3.8, 4) is 5.75 Å². The molecular weight excluding hydrogens is 1970 g/mol. The van der Waals surface area contributed by atoms with Crippen molar-refractivity contribution in [2.75, 3.05) is 17.3 Å². The number of halogens is 5. The molecule has 11 nitrogen and oxygen atoms in total. The van der Waals surface area contributed by atoms with E-state index in [9.17, 15) is 29.1 Å². The molecule has 0 aliphatic heterocycles. The molecule has 12 aromatic rings. The van der Waals surface area contributed by atoms with Gasteiger partial charge in [-0.25, -0.2) is 14.4 Å². The third-order valence-electron chi connectivity index (χ3n) is 17.2. The summed E-state index contributed by atoms with van der Waals surface area (Å²) < 4.78 is 21.4. The van der Waals surface area contributed by atoms with Crippen molar-refractivity contribution in [1.82, 2.24) is 0 Å². The van der Waals surface area contributed by atoms with Gasteiger partial charge >= 0.3 is 17.9 Å². The molecule has 0 saturated carbocycles. The number of amides is 2. The smallest absolute Gasteiger partial charge is 0.342 e. The van der Waals surface area contributed by atoms with Crippen LogP contribution in [0.3, 0.4) is 0 Å². The summed E-state index contributed by atoms with van der Waals surface area (Å²) in [7, 11) is 0.911. The molecule has 0 atom stereocenters. The van der Waals surface area contributed by atoms with E-state index in [4.69, 9.17) is 14.2 Å². The summed E-state index contributed by atoms with van der Waals surface area (Å²) in [5, 5.41) is 12.9. The Morgan fingerprint density at radius 1 is 0.361 bits per heavy atom. The number of hydrogen-bond acceptors (Lipinski definition) is 9. The third kappa shape index (κ3) is 20.9. The van der Waals surface area contributed by atoms with Crippen molar-refractivity contribution < 1.29 is 43.3 Å². The number of hydrogen-bond donors (Lipinski definition) is 2. The number of nitrogens with zero attached hydrogens (tertiary/aromatic N) is 1. The number of nitrogens with one attached hydrogen (secondary N) is 1. The summed E-state index contributed by atoms with van der Waals surface area (Å²) in [5.74, 6) is -1.96. The van der Waals surface area contributed by atoms with E-state index in [1.807, 2.05) is 120 Å². The van der Waals surface area contributed by atoms with Gasteiger partial charge in [-0.05, 0) is 311 Å². The molecule has 0 radical (unpaired) electrons. The lowest BCUT2D eigenvalue weighted by Crippen LogP contribution is -2.29. The fraction of sp³-hybridized carbons (Fsp3) is 0.135. The van der Waals surface area contributed by atoms with E-state index in [2.05, 4.69) is 312 Å². The predicted molar refractivity (Wildman–Crippen MR) is 478 cm³/mol. The van der Waals surface area contributed by atoms with E-state index in [0.717, 1.165) is 28.7 Å². The number of esters is 3. The van der Waals surface area contributed by atoms with Crippen molar-refractivity contribution in [3.05, 3.63) is 348 Å². The summed E-state index contributed by atoms with van der Waals surface area (Å²) in [4.78, 5) is 76.3. The van der Waals surface area contributed by atoms with Crippen molar-refractivity contribution in [2.24, 2.45) is 0 Å². The van der Waals surface area contributed by atoms with Gasteiger partial charge in [0, 0.05) is 28.0 Å². The number of phenolic OH excluding ortho intramolecular Hbond substituents is 1. The first-order valence-electron chi connectivity index (χ1n) is 34.1. The summed E-state index contributed by atoms with van der Waals surface area (Å²) in [6.45, 7) is 14.2. The Kier molecular flexibility index (Phi) is 29.1. The minimum atomic E-state index is -0.969. The van der Waals surface area contributed by atoms with Gasteiger partial charge in [-0.15, -0.1) is 0 Å². The Hall–Kier alpha value is -7.51. The highest BCUT2D eigenvalue weighted by molar-refractivity contribution is 14.1. The van der Waals surface area contributed by atoms with Crippen LogP contribution in [0.1, 0.15) is 103 Å². The first kappa shape index (κ1) is 83.0. The van der Waals surface area contributed by atoms with Crippen LogP contribution in [-0.2, 0) is 73.3 Å². The van der Waals surface area contributed by atoms with E-state index in [-0.39, 0.29) is 61.8 Å². The van der Waals surface area contributed by atoms with Gasteiger partial charge in [-0.2, -0.15) is 0 Å². The van der Waals surface area contributed by atoms with Crippen LogP contribution >= 0.6 is 113 Å². The topological polar surface area (TPSA) is 149 Å². The largest absolute Gasteiger partial charge is 0.507 e. The third-order valence-corrected chi connectivity index (χ3v) is 28.6. The molecule has 2 amide bonds. The van der Waals surface area contributed by atoms with E-state index < -0.39 is 28.7 Å². The van der Waals surface area contributed by atoms with Crippen LogP contribution in [0.5, 0.6) is 5.75 Å². The highest BCUT2D eigenvalue weighted by atomic mass is 127. The Bertz CT molecular complexity index is 4990. The Morgan fingerprint density at radius 2 is 0.657 bits per heavy atom. The Morgan fingerprint density at radius 3 is 0.972 bits per heavy atom. The number of carbonyl (C=O) groups excluding carboxylic acids is 5. The maximum atomic E-state index is 13.9. The van der Waals surface area contributed by atoms with Gasteiger partial charge in [-0.3, -0.25) is 9.59 Å². The van der Waals surface area contributed by atoms with Crippen molar-refractivity contribution in [2.45, 2.75) is 116 Å². The van der Waals surface area contributed by atoms with Gasteiger partial charge in [0.1, 0.15) is 28.1 Å². The number of anilines is 2. The lowest BCUT2D eigenvalue weighted by atomic mass is 9.98. The highest BCUT2D eigenvalue weighted by Gasteiger charge is 2.37. The maximum absolute atomic E-state index is 13.9. The molecule has 108 heavy (non-hydrogen) atoms. The first-order valence-corrected chi connectivity index (χ1v) is 43.2. The fourth-order valence-corrected chi connectivity index (χ4v) is 23.4. The van der Waals surface area contributed by atoms with E-state index >= 15 is 0 Å². The monoisotopic (exact) mass is 2050 g/mol. The van der Waals surface area contributed by atoms with Crippen molar-refractivity contribution in [3.63, 3.8) is 0 Å². The average molecular weight is 2050 g/mol. The molecule has 0 aliphatic carbocycles.